The van der Waals surface area contributed by atoms with E-state index in [9.17, 15) is 4.79 Å². The van der Waals surface area contributed by atoms with Crippen LogP contribution in [0, 0.1) is 0 Å². The number of nitrogens with zero attached hydrogens (tertiary/aromatic N) is 2. The van der Waals surface area contributed by atoms with Crippen molar-refractivity contribution in [3.8, 4) is 5.75 Å². The molecule has 0 fully saturated rings. The summed E-state index contributed by atoms with van der Waals surface area (Å²) in [6.45, 7) is 0.788. The lowest BCUT2D eigenvalue weighted by molar-refractivity contribution is 0.0948. The standard InChI is InChI=1S/C29H25N5O2/c35-29(31-18-19-36-23-9-2-1-3-10-23)25-11-4-5-12-26(25)32-22-13-15-24-27(33-34-28(24)20-22)16-14-21-8-6-7-17-30-21/h1-17,20,32H,18-19H2,(H,31,35)(H,33,34)/b16-14+. The molecule has 0 aliphatic rings. The van der Waals surface area contributed by atoms with Gasteiger partial charge in [-0.15, -0.1) is 0 Å². The zero-order chi connectivity index (χ0) is 24.6. The second-order valence-electron chi connectivity index (χ2n) is 8.05. The van der Waals surface area contributed by atoms with Gasteiger partial charge >= 0.3 is 0 Å². The van der Waals surface area contributed by atoms with E-state index < -0.39 is 0 Å². The Morgan fingerprint density at radius 3 is 2.61 bits per heavy atom. The summed E-state index contributed by atoms with van der Waals surface area (Å²) in [4.78, 5) is 17.1. The van der Waals surface area contributed by atoms with Crippen LogP contribution in [0.3, 0.4) is 0 Å². The lowest BCUT2D eigenvalue weighted by Crippen LogP contribution is -2.28. The molecule has 7 nitrogen and oxygen atoms in total. The summed E-state index contributed by atoms with van der Waals surface area (Å²) in [6.07, 6.45) is 5.63. The molecule has 5 aromatic rings. The molecule has 0 aliphatic heterocycles. The molecule has 3 aromatic carbocycles. The molecule has 0 unspecified atom stereocenters. The molecule has 0 aliphatic carbocycles. The Morgan fingerprint density at radius 1 is 0.917 bits per heavy atom. The highest BCUT2D eigenvalue weighted by Gasteiger charge is 2.12. The van der Waals surface area contributed by atoms with Gasteiger partial charge in [0.25, 0.3) is 5.91 Å². The number of aromatic amines is 1. The molecule has 5 rings (SSSR count). The van der Waals surface area contributed by atoms with Crippen molar-refractivity contribution in [1.29, 1.82) is 0 Å². The smallest absolute Gasteiger partial charge is 0.253 e. The van der Waals surface area contributed by atoms with Crippen LogP contribution in [0.2, 0.25) is 0 Å². The second kappa shape index (κ2) is 11.0. The summed E-state index contributed by atoms with van der Waals surface area (Å²) in [5.41, 5.74) is 4.71. The summed E-state index contributed by atoms with van der Waals surface area (Å²) in [5.74, 6) is 0.609. The van der Waals surface area contributed by atoms with Crippen LogP contribution in [0.15, 0.2) is 97.2 Å². The zero-order valence-electron chi connectivity index (χ0n) is 19.5. The van der Waals surface area contributed by atoms with Crippen molar-refractivity contribution in [2.75, 3.05) is 18.5 Å². The van der Waals surface area contributed by atoms with E-state index >= 15 is 0 Å². The Morgan fingerprint density at radius 2 is 1.75 bits per heavy atom. The average Bonchev–Trinajstić information content (AvgIpc) is 3.33. The lowest BCUT2D eigenvalue weighted by atomic mass is 10.1. The Labute approximate surface area is 208 Å². The van der Waals surface area contributed by atoms with E-state index in [2.05, 4.69) is 25.8 Å². The van der Waals surface area contributed by atoms with E-state index in [1.54, 1.807) is 12.3 Å². The maximum absolute atomic E-state index is 12.8. The van der Waals surface area contributed by atoms with Gasteiger partial charge in [-0.3, -0.25) is 14.9 Å². The molecular weight excluding hydrogens is 450 g/mol. The number of hydrogen-bond donors (Lipinski definition) is 3. The molecule has 0 radical (unpaired) electrons. The molecule has 2 heterocycles. The number of aromatic nitrogens is 3. The maximum Gasteiger partial charge on any atom is 0.253 e. The van der Waals surface area contributed by atoms with Crippen molar-refractivity contribution < 1.29 is 9.53 Å². The number of para-hydroxylation sites is 2. The van der Waals surface area contributed by atoms with Gasteiger partial charge in [-0.1, -0.05) is 36.4 Å². The number of carbonyl (C=O) groups is 1. The Kier molecular flexibility index (Phi) is 6.99. The molecule has 0 saturated heterocycles. The van der Waals surface area contributed by atoms with Crippen LogP contribution in [0.25, 0.3) is 23.1 Å². The number of anilines is 2. The molecule has 0 saturated carbocycles. The molecular formula is C29H25N5O2. The minimum absolute atomic E-state index is 0.167. The number of ether oxygens (including phenoxy) is 1. The lowest BCUT2D eigenvalue weighted by Gasteiger charge is -2.13. The largest absolute Gasteiger partial charge is 0.492 e. The van der Waals surface area contributed by atoms with E-state index in [4.69, 9.17) is 4.74 Å². The predicted octanol–water partition coefficient (Wildman–Crippen LogP) is 5.68. The predicted molar refractivity (Wildman–Crippen MR) is 143 cm³/mol. The van der Waals surface area contributed by atoms with Crippen LogP contribution in [-0.2, 0) is 0 Å². The number of nitrogens with one attached hydrogen (secondary N) is 3. The minimum Gasteiger partial charge on any atom is -0.492 e. The van der Waals surface area contributed by atoms with Gasteiger partial charge in [0, 0.05) is 17.3 Å². The first-order chi connectivity index (χ1) is 17.8. The highest BCUT2D eigenvalue weighted by Crippen LogP contribution is 2.26. The molecule has 0 atom stereocenters. The fourth-order valence-electron chi connectivity index (χ4n) is 3.78. The second-order valence-corrected chi connectivity index (χ2v) is 8.05. The van der Waals surface area contributed by atoms with Crippen molar-refractivity contribution in [3.63, 3.8) is 0 Å². The third-order valence-electron chi connectivity index (χ3n) is 5.54. The summed E-state index contributed by atoms with van der Waals surface area (Å²) >= 11 is 0. The normalized spacial score (nSPS) is 11.0. The van der Waals surface area contributed by atoms with Gasteiger partial charge in [0.05, 0.1) is 34.7 Å². The average molecular weight is 476 g/mol. The molecule has 0 bridgehead atoms. The molecule has 7 heteroatoms. The van der Waals surface area contributed by atoms with E-state index in [0.29, 0.717) is 24.4 Å². The SMILES string of the molecule is O=C(NCCOc1ccccc1)c1ccccc1Nc1ccc2c(/C=C/c3ccccn3)n[nH]c2c1. The molecule has 178 valence electrons. The van der Waals surface area contributed by atoms with Crippen molar-refractivity contribution in [1.82, 2.24) is 20.5 Å². The van der Waals surface area contributed by atoms with Crippen molar-refractivity contribution in [2.24, 2.45) is 0 Å². The first-order valence-corrected chi connectivity index (χ1v) is 11.7. The van der Waals surface area contributed by atoms with Crippen LogP contribution in [0.1, 0.15) is 21.7 Å². The molecule has 2 aromatic heterocycles. The molecule has 1 amide bonds. The monoisotopic (exact) mass is 475 g/mol. The summed E-state index contributed by atoms with van der Waals surface area (Å²) in [7, 11) is 0. The minimum atomic E-state index is -0.167. The van der Waals surface area contributed by atoms with Crippen LogP contribution in [0.5, 0.6) is 5.75 Å². The third kappa shape index (κ3) is 5.59. The van der Waals surface area contributed by atoms with Crippen molar-refractivity contribution >= 4 is 40.3 Å². The molecule has 0 spiro atoms. The maximum atomic E-state index is 12.8. The van der Waals surface area contributed by atoms with Gasteiger partial charge in [0.2, 0.25) is 0 Å². The van der Waals surface area contributed by atoms with Crippen molar-refractivity contribution in [2.45, 2.75) is 0 Å². The van der Waals surface area contributed by atoms with Gasteiger partial charge < -0.3 is 15.4 Å². The molecule has 36 heavy (non-hydrogen) atoms. The van der Waals surface area contributed by atoms with E-state index in [1.165, 1.54) is 0 Å². The fourth-order valence-corrected chi connectivity index (χ4v) is 3.78. The Bertz CT molecular complexity index is 1480. The quantitative estimate of drug-likeness (QED) is 0.239. The van der Waals surface area contributed by atoms with E-state index in [-0.39, 0.29) is 5.91 Å². The highest BCUT2D eigenvalue weighted by molar-refractivity contribution is 6.00. The fraction of sp³-hybridized carbons (Fsp3) is 0.0690. The first kappa shape index (κ1) is 22.9. The number of hydrogen-bond acceptors (Lipinski definition) is 5. The Balaban J connectivity index is 1.24. The van der Waals surface area contributed by atoms with Gasteiger partial charge in [0.1, 0.15) is 12.4 Å². The van der Waals surface area contributed by atoms with E-state index in [1.807, 2.05) is 97.1 Å². The van der Waals surface area contributed by atoms with Gasteiger partial charge in [0.15, 0.2) is 0 Å². The summed E-state index contributed by atoms with van der Waals surface area (Å²) in [5, 5.41) is 14.8. The van der Waals surface area contributed by atoms with Gasteiger partial charge in [-0.05, 0) is 66.7 Å². The summed E-state index contributed by atoms with van der Waals surface area (Å²) < 4.78 is 5.66. The number of benzene rings is 3. The van der Waals surface area contributed by atoms with Crippen molar-refractivity contribution in [3.05, 3.63) is 114 Å². The number of amides is 1. The number of pyridine rings is 1. The third-order valence-corrected chi connectivity index (χ3v) is 5.54. The zero-order valence-corrected chi connectivity index (χ0v) is 19.5. The van der Waals surface area contributed by atoms with Gasteiger partial charge in [-0.2, -0.15) is 5.10 Å². The van der Waals surface area contributed by atoms with Crippen LogP contribution < -0.4 is 15.4 Å². The van der Waals surface area contributed by atoms with E-state index in [0.717, 1.165) is 33.7 Å². The molecule has 3 N–H and O–H groups in total. The van der Waals surface area contributed by atoms with Crippen LogP contribution >= 0.6 is 0 Å². The number of H-pyrrole nitrogens is 1. The van der Waals surface area contributed by atoms with Crippen LogP contribution in [-0.4, -0.2) is 34.2 Å². The highest BCUT2D eigenvalue weighted by atomic mass is 16.5. The summed E-state index contributed by atoms with van der Waals surface area (Å²) in [6, 6.07) is 28.7. The topological polar surface area (TPSA) is 91.9 Å². The van der Waals surface area contributed by atoms with Crippen LogP contribution in [0.4, 0.5) is 11.4 Å². The number of fused-ring (bicyclic) bond motifs is 1. The number of rotatable bonds is 9. The van der Waals surface area contributed by atoms with Gasteiger partial charge in [-0.25, -0.2) is 0 Å². The first-order valence-electron chi connectivity index (χ1n) is 11.7. The number of carbonyl (C=O) groups excluding carboxylic acids is 1. The Hall–Kier alpha value is -4.91.